The van der Waals surface area contributed by atoms with Gasteiger partial charge in [-0.3, -0.25) is 14.2 Å². The number of carbonyl (C=O) groups is 1. The largest absolute Gasteiger partial charge is 0.497 e. The van der Waals surface area contributed by atoms with Crippen LogP contribution >= 0.6 is 0 Å². The molecule has 1 saturated heterocycles. The number of quaternary nitrogens is 1. The molecular weight excluding hydrogens is 408 g/mol. The van der Waals surface area contributed by atoms with Crippen molar-refractivity contribution in [1.29, 1.82) is 0 Å². The second-order valence-corrected chi connectivity index (χ2v) is 7.92. The van der Waals surface area contributed by atoms with Crippen LogP contribution in [0.4, 0.5) is 0 Å². The Morgan fingerprint density at radius 1 is 1.16 bits per heavy atom. The number of ether oxygens (including phenoxy) is 2. The summed E-state index contributed by atoms with van der Waals surface area (Å²) in [6.07, 6.45) is 0.700. The molecule has 1 fully saturated rings. The summed E-state index contributed by atoms with van der Waals surface area (Å²) in [5, 5.41) is 3.46. The number of hydrogen-bond acceptors (Lipinski definition) is 5. The summed E-state index contributed by atoms with van der Waals surface area (Å²) in [6.45, 7) is 4.14. The predicted molar refractivity (Wildman–Crippen MR) is 121 cm³/mol. The highest BCUT2D eigenvalue weighted by molar-refractivity contribution is 5.79. The van der Waals surface area contributed by atoms with E-state index in [1.807, 2.05) is 42.5 Å². The summed E-state index contributed by atoms with van der Waals surface area (Å²) in [6, 6.07) is 15.0. The van der Waals surface area contributed by atoms with E-state index in [1.54, 1.807) is 13.2 Å². The quantitative estimate of drug-likeness (QED) is 0.525. The fourth-order valence-corrected chi connectivity index (χ4v) is 3.91. The Morgan fingerprint density at radius 3 is 2.66 bits per heavy atom. The van der Waals surface area contributed by atoms with Crippen LogP contribution in [0.3, 0.4) is 0 Å². The third kappa shape index (κ3) is 5.33. The molecule has 168 valence electrons. The average molecular weight is 438 g/mol. The summed E-state index contributed by atoms with van der Waals surface area (Å²) >= 11 is 0. The van der Waals surface area contributed by atoms with Crippen molar-refractivity contribution in [3.63, 3.8) is 0 Å². The number of amides is 1. The molecule has 2 N–H and O–H groups in total. The minimum atomic E-state index is -0.198. The number of morpholine rings is 1. The Kier molecular flexibility index (Phi) is 7.14. The van der Waals surface area contributed by atoms with Crippen molar-refractivity contribution >= 4 is 16.8 Å². The standard InChI is InChI=1S/C24H28N4O4/c1-31-19-8-6-18(7-9-19)10-11-25-23(29)17-28-22(16-27-12-14-32-15-13-27)26-21-5-3-2-4-20(21)24(28)30/h2-9H,10-17H2,1H3,(H,25,29)/p+1. The number of para-hydroxylation sites is 1. The molecule has 8 heteroatoms. The van der Waals surface area contributed by atoms with Gasteiger partial charge in [-0.15, -0.1) is 0 Å². The summed E-state index contributed by atoms with van der Waals surface area (Å²) in [5.41, 5.74) is 1.59. The first kappa shape index (κ1) is 22.0. The fraction of sp³-hybridized carbons (Fsp3) is 0.375. The molecule has 1 aliphatic rings. The lowest BCUT2D eigenvalue weighted by Crippen LogP contribution is -3.13. The summed E-state index contributed by atoms with van der Waals surface area (Å²) in [7, 11) is 1.63. The lowest BCUT2D eigenvalue weighted by atomic mass is 10.1. The van der Waals surface area contributed by atoms with Crippen LogP contribution in [0, 0.1) is 0 Å². The molecule has 2 aromatic carbocycles. The minimum Gasteiger partial charge on any atom is -0.497 e. The molecule has 0 saturated carbocycles. The van der Waals surface area contributed by atoms with Gasteiger partial charge in [0.05, 0.1) is 31.2 Å². The summed E-state index contributed by atoms with van der Waals surface area (Å²) in [4.78, 5) is 31.9. The van der Waals surface area contributed by atoms with Gasteiger partial charge >= 0.3 is 0 Å². The second-order valence-electron chi connectivity index (χ2n) is 7.92. The second kappa shape index (κ2) is 10.4. The van der Waals surface area contributed by atoms with E-state index in [0.29, 0.717) is 49.5 Å². The number of hydrogen-bond donors (Lipinski definition) is 2. The molecule has 2 heterocycles. The molecule has 1 aliphatic heterocycles. The van der Waals surface area contributed by atoms with Crippen LogP contribution in [-0.4, -0.2) is 55.4 Å². The van der Waals surface area contributed by atoms with Crippen LogP contribution in [-0.2, 0) is 29.0 Å². The first-order chi connectivity index (χ1) is 15.6. The number of rotatable bonds is 8. The van der Waals surface area contributed by atoms with Crippen molar-refractivity contribution in [3.05, 3.63) is 70.3 Å². The van der Waals surface area contributed by atoms with Gasteiger partial charge in [0, 0.05) is 6.54 Å². The van der Waals surface area contributed by atoms with Crippen molar-refractivity contribution in [2.45, 2.75) is 19.5 Å². The van der Waals surface area contributed by atoms with E-state index in [2.05, 4.69) is 5.32 Å². The Hall–Kier alpha value is -3.23. The smallest absolute Gasteiger partial charge is 0.262 e. The third-order valence-corrected chi connectivity index (χ3v) is 5.75. The van der Waals surface area contributed by atoms with E-state index in [-0.39, 0.29) is 18.0 Å². The summed E-state index contributed by atoms with van der Waals surface area (Å²) in [5.74, 6) is 1.24. The van der Waals surface area contributed by atoms with Gasteiger partial charge in [0.2, 0.25) is 5.91 Å². The van der Waals surface area contributed by atoms with Crippen LogP contribution in [0.25, 0.3) is 10.9 Å². The highest BCUT2D eigenvalue weighted by Crippen LogP contribution is 2.11. The van der Waals surface area contributed by atoms with Crippen LogP contribution < -0.4 is 20.5 Å². The topological polar surface area (TPSA) is 86.9 Å². The number of carbonyl (C=O) groups excluding carboxylic acids is 1. The highest BCUT2D eigenvalue weighted by Gasteiger charge is 2.20. The maximum absolute atomic E-state index is 13.2. The van der Waals surface area contributed by atoms with Gasteiger partial charge in [0.25, 0.3) is 5.56 Å². The molecule has 3 aromatic rings. The van der Waals surface area contributed by atoms with Crippen LogP contribution in [0.2, 0.25) is 0 Å². The van der Waals surface area contributed by atoms with Crippen molar-refractivity contribution in [1.82, 2.24) is 14.9 Å². The molecule has 4 rings (SSSR count). The zero-order valence-corrected chi connectivity index (χ0v) is 18.3. The van der Waals surface area contributed by atoms with E-state index >= 15 is 0 Å². The van der Waals surface area contributed by atoms with Gasteiger partial charge in [-0.1, -0.05) is 24.3 Å². The molecule has 1 amide bonds. The molecule has 0 bridgehead atoms. The van der Waals surface area contributed by atoms with E-state index in [4.69, 9.17) is 14.5 Å². The molecule has 0 aliphatic carbocycles. The lowest BCUT2D eigenvalue weighted by Gasteiger charge is -2.24. The van der Waals surface area contributed by atoms with Crippen molar-refractivity contribution in [3.8, 4) is 5.75 Å². The fourth-order valence-electron chi connectivity index (χ4n) is 3.91. The number of methoxy groups -OCH3 is 1. The van der Waals surface area contributed by atoms with Crippen molar-refractivity contribution in [2.24, 2.45) is 0 Å². The number of benzene rings is 2. The number of nitrogens with zero attached hydrogens (tertiary/aromatic N) is 2. The Balaban J connectivity index is 1.47. The maximum atomic E-state index is 13.2. The molecule has 0 spiro atoms. The number of aromatic nitrogens is 2. The molecule has 32 heavy (non-hydrogen) atoms. The van der Waals surface area contributed by atoms with Gasteiger partial charge in [0.1, 0.15) is 31.9 Å². The lowest BCUT2D eigenvalue weighted by molar-refractivity contribution is -0.922. The third-order valence-electron chi connectivity index (χ3n) is 5.75. The molecule has 8 nitrogen and oxygen atoms in total. The minimum absolute atomic E-state index is 0.0433. The van der Waals surface area contributed by atoms with Gasteiger partial charge < -0.3 is 19.7 Å². The Labute approximate surface area is 186 Å². The first-order valence-electron chi connectivity index (χ1n) is 10.9. The molecule has 0 atom stereocenters. The Bertz CT molecular complexity index is 1120. The van der Waals surface area contributed by atoms with Crippen LogP contribution in [0.15, 0.2) is 53.3 Å². The SMILES string of the molecule is COc1ccc(CCNC(=O)Cn2c(C[NH+]3CCOCC3)nc3ccccc3c2=O)cc1. The summed E-state index contributed by atoms with van der Waals surface area (Å²) < 4.78 is 12.1. The van der Waals surface area contributed by atoms with Crippen molar-refractivity contribution in [2.75, 3.05) is 40.0 Å². The van der Waals surface area contributed by atoms with E-state index in [9.17, 15) is 9.59 Å². The monoisotopic (exact) mass is 437 g/mol. The first-order valence-corrected chi connectivity index (χ1v) is 10.9. The van der Waals surface area contributed by atoms with Gasteiger partial charge in [-0.25, -0.2) is 4.98 Å². The molecular formula is C24H29N4O4+. The molecule has 0 radical (unpaired) electrons. The van der Waals surface area contributed by atoms with E-state index in [0.717, 1.165) is 24.4 Å². The van der Waals surface area contributed by atoms with Gasteiger partial charge in [-0.05, 0) is 36.2 Å². The normalized spacial score (nSPS) is 14.4. The van der Waals surface area contributed by atoms with Crippen LogP contribution in [0.5, 0.6) is 5.75 Å². The number of fused-ring (bicyclic) bond motifs is 1. The highest BCUT2D eigenvalue weighted by atomic mass is 16.5. The zero-order chi connectivity index (χ0) is 22.3. The number of nitrogens with one attached hydrogen (secondary N) is 2. The van der Waals surface area contributed by atoms with E-state index < -0.39 is 0 Å². The van der Waals surface area contributed by atoms with Gasteiger partial charge in [0.15, 0.2) is 5.82 Å². The van der Waals surface area contributed by atoms with Crippen LogP contribution in [0.1, 0.15) is 11.4 Å². The van der Waals surface area contributed by atoms with Crippen molar-refractivity contribution < 1.29 is 19.2 Å². The molecule has 0 unspecified atom stereocenters. The van der Waals surface area contributed by atoms with Gasteiger partial charge in [-0.2, -0.15) is 0 Å². The molecule has 1 aromatic heterocycles. The predicted octanol–water partition coefficient (Wildman–Crippen LogP) is 0.179. The average Bonchev–Trinajstić information content (AvgIpc) is 2.83. The van der Waals surface area contributed by atoms with E-state index in [1.165, 1.54) is 9.47 Å². The Morgan fingerprint density at radius 2 is 1.91 bits per heavy atom. The maximum Gasteiger partial charge on any atom is 0.262 e. The zero-order valence-electron chi connectivity index (χ0n) is 18.3.